The number of guanidine groups is 1. The molecule has 2 rings (SSSR count). The van der Waals surface area contributed by atoms with Crippen molar-refractivity contribution in [1.29, 1.82) is 0 Å². The third kappa shape index (κ3) is 7.78. The molecule has 2 aromatic carbocycles. The number of carbonyl (C=O) groups excluding carboxylic acids is 1. The van der Waals surface area contributed by atoms with Gasteiger partial charge in [0.05, 0.1) is 6.54 Å². The van der Waals surface area contributed by atoms with Crippen LogP contribution in [0.1, 0.15) is 44.7 Å². The average molecular weight is 411 g/mol. The molecule has 0 saturated carbocycles. The van der Waals surface area contributed by atoms with Crippen molar-refractivity contribution in [3.8, 4) is 5.75 Å². The number of rotatable bonds is 10. The van der Waals surface area contributed by atoms with Crippen molar-refractivity contribution in [3.05, 3.63) is 65.7 Å². The summed E-state index contributed by atoms with van der Waals surface area (Å²) < 4.78 is 5.57. The fraction of sp³-hybridized carbons (Fsp3) is 0.417. The second-order valence-corrected chi connectivity index (χ2v) is 7.22. The highest BCUT2D eigenvalue weighted by molar-refractivity contribution is 5.80. The Hall–Kier alpha value is -3.02. The van der Waals surface area contributed by atoms with Crippen LogP contribution in [0.4, 0.5) is 0 Å². The molecule has 0 aliphatic heterocycles. The minimum absolute atomic E-state index is 0.0135. The zero-order valence-corrected chi connectivity index (χ0v) is 18.4. The highest BCUT2D eigenvalue weighted by Crippen LogP contribution is 2.18. The Balaban J connectivity index is 1.98. The summed E-state index contributed by atoms with van der Waals surface area (Å²) in [7, 11) is 0. The lowest BCUT2D eigenvalue weighted by molar-refractivity contribution is -0.122. The predicted molar refractivity (Wildman–Crippen MR) is 123 cm³/mol. The van der Waals surface area contributed by atoms with Crippen LogP contribution in [0.5, 0.6) is 5.75 Å². The molecule has 2 unspecified atom stereocenters. The minimum atomic E-state index is -0.124. The van der Waals surface area contributed by atoms with E-state index in [1.165, 1.54) is 5.56 Å². The van der Waals surface area contributed by atoms with Crippen molar-refractivity contribution in [2.45, 2.75) is 46.2 Å². The number of aliphatic imine (C=N–C) groups is 1. The molecule has 30 heavy (non-hydrogen) atoms. The molecular formula is C24H34N4O2. The molecule has 2 atom stereocenters. The normalized spacial score (nSPS) is 13.3. The van der Waals surface area contributed by atoms with Crippen LogP contribution in [0.3, 0.4) is 0 Å². The Labute approximate surface area is 180 Å². The lowest BCUT2D eigenvalue weighted by atomic mass is 9.94. The summed E-state index contributed by atoms with van der Waals surface area (Å²) >= 11 is 0. The number of carbonyl (C=O) groups is 1. The standard InChI is InChI=1S/C24H34N4O2/c1-5-25-23(29)17-30-22-14-10-11-20(15-22)16-27-24(26-6-2)28-19(4)18(3)21-12-8-7-9-13-21/h7-15,18-19H,5-6,16-17H2,1-4H3,(H,25,29)(H2,26,27,28). The van der Waals surface area contributed by atoms with Crippen molar-refractivity contribution in [1.82, 2.24) is 16.0 Å². The molecule has 3 N–H and O–H groups in total. The van der Waals surface area contributed by atoms with E-state index in [1.807, 2.05) is 37.3 Å². The lowest BCUT2D eigenvalue weighted by Gasteiger charge is -2.24. The van der Waals surface area contributed by atoms with Gasteiger partial charge in [0.1, 0.15) is 5.75 Å². The third-order valence-electron chi connectivity index (χ3n) is 4.85. The van der Waals surface area contributed by atoms with Crippen molar-refractivity contribution >= 4 is 11.9 Å². The largest absolute Gasteiger partial charge is 0.484 e. The SMILES string of the molecule is CCNC(=O)COc1cccc(CN=C(NCC)NC(C)C(C)c2ccccc2)c1. The molecule has 0 heterocycles. The van der Waals surface area contributed by atoms with E-state index < -0.39 is 0 Å². The van der Waals surface area contributed by atoms with Crippen LogP contribution in [-0.2, 0) is 11.3 Å². The monoisotopic (exact) mass is 410 g/mol. The topological polar surface area (TPSA) is 74.8 Å². The summed E-state index contributed by atoms with van der Waals surface area (Å²) in [5, 5.41) is 9.54. The van der Waals surface area contributed by atoms with Gasteiger partial charge in [0, 0.05) is 25.0 Å². The van der Waals surface area contributed by atoms with Crippen molar-refractivity contribution in [2.75, 3.05) is 19.7 Å². The molecule has 0 aliphatic carbocycles. The number of nitrogens with zero attached hydrogens (tertiary/aromatic N) is 1. The summed E-state index contributed by atoms with van der Waals surface area (Å²) in [5.74, 6) is 1.67. The summed E-state index contributed by atoms with van der Waals surface area (Å²) in [6.45, 7) is 10.2. The molecule has 2 aromatic rings. The molecule has 0 aromatic heterocycles. The van der Waals surface area contributed by atoms with Crippen molar-refractivity contribution in [3.63, 3.8) is 0 Å². The van der Waals surface area contributed by atoms with Crippen LogP contribution in [0, 0.1) is 0 Å². The molecule has 1 amide bonds. The van der Waals surface area contributed by atoms with Crippen LogP contribution >= 0.6 is 0 Å². The van der Waals surface area contributed by atoms with Gasteiger partial charge in [-0.3, -0.25) is 4.79 Å². The Kier molecular flexibility index (Phi) is 9.71. The van der Waals surface area contributed by atoms with Gasteiger partial charge >= 0.3 is 0 Å². The summed E-state index contributed by atoms with van der Waals surface area (Å²) in [6.07, 6.45) is 0. The molecular weight excluding hydrogens is 376 g/mol. The van der Waals surface area contributed by atoms with Crippen LogP contribution in [0.15, 0.2) is 59.6 Å². The molecule has 6 heteroatoms. The Morgan fingerprint density at radius 3 is 2.43 bits per heavy atom. The maximum Gasteiger partial charge on any atom is 0.257 e. The molecule has 0 radical (unpaired) electrons. The van der Waals surface area contributed by atoms with Gasteiger partial charge in [0.25, 0.3) is 5.91 Å². The van der Waals surface area contributed by atoms with Crippen LogP contribution in [-0.4, -0.2) is 37.6 Å². The quantitative estimate of drug-likeness (QED) is 0.414. The molecule has 6 nitrogen and oxygen atoms in total. The number of ether oxygens (including phenoxy) is 1. The van der Waals surface area contributed by atoms with Gasteiger partial charge in [-0.05, 0) is 44.0 Å². The van der Waals surface area contributed by atoms with Gasteiger partial charge in [0.15, 0.2) is 12.6 Å². The highest BCUT2D eigenvalue weighted by Gasteiger charge is 2.15. The van der Waals surface area contributed by atoms with Gasteiger partial charge in [-0.25, -0.2) is 4.99 Å². The van der Waals surface area contributed by atoms with Crippen LogP contribution in [0.25, 0.3) is 0 Å². The van der Waals surface area contributed by atoms with Gasteiger partial charge in [-0.15, -0.1) is 0 Å². The smallest absolute Gasteiger partial charge is 0.257 e. The first-order valence-corrected chi connectivity index (χ1v) is 10.6. The summed E-state index contributed by atoms with van der Waals surface area (Å²) in [6, 6.07) is 18.4. The van der Waals surface area contributed by atoms with E-state index in [4.69, 9.17) is 9.73 Å². The Morgan fingerprint density at radius 2 is 1.73 bits per heavy atom. The van der Waals surface area contributed by atoms with Crippen LogP contribution in [0.2, 0.25) is 0 Å². The van der Waals surface area contributed by atoms with E-state index in [9.17, 15) is 4.79 Å². The van der Waals surface area contributed by atoms with Crippen molar-refractivity contribution in [2.24, 2.45) is 4.99 Å². The second kappa shape index (κ2) is 12.5. The Bertz CT molecular complexity index is 808. The first kappa shape index (κ1) is 23.3. The maximum atomic E-state index is 11.6. The minimum Gasteiger partial charge on any atom is -0.484 e. The summed E-state index contributed by atoms with van der Waals surface area (Å²) in [4.78, 5) is 16.3. The number of benzene rings is 2. The highest BCUT2D eigenvalue weighted by atomic mass is 16.5. The molecule has 0 fully saturated rings. The fourth-order valence-corrected chi connectivity index (χ4v) is 3.01. The third-order valence-corrected chi connectivity index (χ3v) is 4.85. The van der Waals surface area contributed by atoms with E-state index >= 15 is 0 Å². The lowest BCUT2D eigenvalue weighted by Crippen LogP contribution is -2.44. The number of hydrogen-bond acceptors (Lipinski definition) is 3. The van der Waals surface area contributed by atoms with Crippen molar-refractivity contribution < 1.29 is 9.53 Å². The molecule has 0 aliphatic rings. The number of hydrogen-bond donors (Lipinski definition) is 3. The van der Waals surface area contributed by atoms with Crippen LogP contribution < -0.4 is 20.7 Å². The van der Waals surface area contributed by atoms with Gasteiger partial charge in [-0.2, -0.15) is 0 Å². The van der Waals surface area contributed by atoms with E-state index in [0.717, 1.165) is 18.1 Å². The second-order valence-electron chi connectivity index (χ2n) is 7.22. The number of likely N-dealkylation sites (N-methyl/N-ethyl adjacent to an activating group) is 1. The first-order chi connectivity index (χ1) is 14.5. The fourth-order valence-electron chi connectivity index (χ4n) is 3.01. The summed E-state index contributed by atoms with van der Waals surface area (Å²) in [5.41, 5.74) is 2.31. The maximum absolute atomic E-state index is 11.6. The molecule has 0 bridgehead atoms. The Morgan fingerprint density at radius 1 is 1.00 bits per heavy atom. The zero-order valence-electron chi connectivity index (χ0n) is 18.4. The predicted octanol–water partition coefficient (Wildman–Crippen LogP) is 3.45. The molecule has 0 saturated heterocycles. The number of amides is 1. The van der Waals surface area contributed by atoms with Gasteiger partial charge in [0.2, 0.25) is 0 Å². The molecule has 0 spiro atoms. The van der Waals surface area contributed by atoms with E-state index in [0.29, 0.717) is 24.8 Å². The van der Waals surface area contributed by atoms with Gasteiger partial charge in [-0.1, -0.05) is 49.4 Å². The molecule has 162 valence electrons. The van der Waals surface area contributed by atoms with E-state index in [2.05, 4.69) is 61.0 Å². The van der Waals surface area contributed by atoms with E-state index in [-0.39, 0.29) is 18.6 Å². The van der Waals surface area contributed by atoms with Gasteiger partial charge < -0.3 is 20.7 Å². The average Bonchev–Trinajstić information content (AvgIpc) is 2.77. The number of nitrogens with one attached hydrogen (secondary N) is 3. The zero-order chi connectivity index (χ0) is 21.8. The first-order valence-electron chi connectivity index (χ1n) is 10.6. The van der Waals surface area contributed by atoms with E-state index in [1.54, 1.807) is 0 Å².